The van der Waals surface area contributed by atoms with Crippen LogP contribution in [0.1, 0.15) is 17.5 Å². The summed E-state index contributed by atoms with van der Waals surface area (Å²) in [4.78, 5) is 6.93. The van der Waals surface area contributed by atoms with E-state index in [4.69, 9.17) is 4.74 Å². The smallest absolute Gasteiger partial charge is 0.153 e. The molecule has 142 valence electrons. The van der Waals surface area contributed by atoms with Crippen molar-refractivity contribution >= 4 is 11.4 Å². The number of benzene rings is 2. The van der Waals surface area contributed by atoms with Crippen LogP contribution in [0.3, 0.4) is 0 Å². The summed E-state index contributed by atoms with van der Waals surface area (Å²) in [6, 6.07) is 17.0. The van der Waals surface area contributed by atoms with E-state index >= 15 is 0 Å². The number of likely N-dealkylation sites (tertiary alicyclic amines) is 1. The van der Waals surface area contributed by atoms with Crippen LogP contribution < -0.4 is 9.80 Å². The molecule has 5 nitrogen and oxygen atoms in total. The van der Waals surface area contributed by atoms with Crippen molar-refractivity contribution in [3.63, 3.8) is 0 Å². The molecule has 3 heterocycles. The molecule has 27 heavy (non-hydrogen) atoms. The van der Waals surface area contributed by atoms with Gasteiger partial charge in [-0.3, -0.25) is 4.90 Å². The molecular formula is C22H27N3O2. The first kappa shape index (κ1) is 17.0. The Balaban J connectivity index is 1.67. The maximum Gasteiger partial charge on any atom is 0.153 e. The molecule has 0 spiro atoms. The average Bonchev–Trinajstić information content (AvgIpc) is 3.11. The summed E-state index contributed by atoms with van der Waals surface area (Å²) in [5.74, 6) is 0. The average molecular weight is 365 g/mol. The Kier molecular flexibility index (Phi) is 3.76. The second-order valence-electron chi connectivity index (χ2n) is 7.93. The molecule has 0 aliphatic carbocycles. The van der Waals surface area contributed by atoms with Gasteiger partial charge in [0.15, 0.2) is 5.66 Å². The van der Waals surface area contributed by atoms with Crippen LogP contribution in [-0.4, -0.2) is 56.9 Å². The highest BCUT2D eigenvalue weighted by Gasteiger charge is 2.66. The molecule has 0 amide bonds. The Morgan fingerprint density at radius 2 is 1.70 bits per heavy atom. The highest BCUT2D eigenvalue weighted by Crippen LogP contribution is 2.61. The van der Waals surface area contributed by atoms with Crippen LogP contribution in [0.4, 0.5) is 11.4 Å². The third kappa shape index (κ3) is 2.10. The minimum absolute atomic E-state index is 0.569. The molecule has 2 aromatic carbocycles. The van der Waals surface area contributed by atoms with Gasteiger partial charge in [-0.05, 0) is 37.2 Å². The number of rotatable bonds is 2. The quantitative estimate of drug-likeness (QED) is 0.885. The van der Waals surface area contributed by atoms with Crippen LogP contribution in [0.15, 0.2) is 48.5 Å². The predicted molar refractivity (Wildman–Crippen MR) is 107 cm³/mol. The molecule has 0 unspecified atom stereocenters. The topological polar surface area (TPSA) is 39.2 Å². The molecule has 1 N–H and O–H groups in total. The van der Waals surface area contributed by atoms with Gasteiger partial charge in [-0.15, -0.1) is 0 Å². The number of hydrogen-bond donors (Lipinski definition) is 1. The first-order valence-electron chi connectivity index (χ1n) is 9.79. The summed E-state index contributed by atoms with van der Waals surface area (Å²) in [6.45, 7) is 4.18. The number of nitrogens with zero attached hydrogens (tertiary/aromatic N) is 3. The lowest BCUT2D eigenvalue weighted by Gasteiger charge is -2.46. The Hall–Kier alpha value is -2.08. The van der Waals surface area contributed by atoms with E-state index in [2.05, 4.69) is 71.3 Å². The van der Waals surface area contributed by atoms with Crippen molar-refractivity contribution in [3.8, 4) is 0 Å². The van der Waals surface area contributed by atoms with Crippen molar-refractivity contribution in [1.82, 2.24) is 4.90 Å². The van der Waals surface area contributed by atoms with Gasteiger partial charge in [0.1, 0.15) is 5.60 Å². The van der Waals surface area contributed by atoms with Crippen LogP contribution in [0.25, 0.3) is 0 Å². The molecule has 2 aromatic rings. The van der Waals surface area contributed by atoms with E-state index in [1.54, 1.807) is 0 Å². The first-order valence-corrected chi connectivity index (χ1v) is 9.79. The Labute approximate surface area is 160 Å². The summed E-state index contributed by atoms with van der Waals surface area (Å²) < 4.78 is 5.50. The summed E-state index contributed by atoms with van der Waals surface area (Å²) in [7, 11) is 4.23. The van der Waals surface area contributed by atoms with E-state index in [0.29, 0.717) is 0 Å². The molecule has 2 saturated heterocycles. The Morgan fingerprint density at radius 3 is 2.44 bits per heavy atom. The molecule has 0 bridgehead atoms. The van der Waals surface area contributed by atoms with Gasteiger partial charge < -0.3 is 19.6 Å². The molecule has 5 rings (SSSR count). The minimum Gasteiger partial charge on any atom is -0.381 e. The highest BCUT2D eigenvalue weighted by atomic mass is 16.5. The number of aliphatic hydroxyl groups is 1. The third-order valence-electron chi connectivity index (χ3n) is 6.76. The number of ether oxygens (including phenoxy) is 1. The van der Waals surface area contributed by atoms with Gasteiger partial charge in [-0.2, -0.15) is 0 Å². The van der Waals surface area contributed by atoms with E-state index in [1.165, 1.54) is 5.69 Å². The number of likely N-dealkylation sites (N-methyl/N-ethyl adjacent to an activating group) is 2. The molecule has 3 aliphatic rings. The van der Waals surface area contributed by atoms with Gasteiger partial charge in [-0.25, -0.2) is 0 Å². The van der Waals surface area contributed by atoms with Gasteiger partial charge in [0.25, 0.3) is 0 Å². The fraction of sp³-hybridized carbons (Fsp3) is 0.455. The normalized spacial score (nSPS) is 30.5. The number of hydrogen-bond acceptors (Lipinski definition) is 5. The lowest BCUT2D eigenvalue weighted by molar-refractivity contribution is -0.0535. The predicted octanol–water partition coefficient (Wildman–Crippen LogP) is 2.35. The number of morpholine rings is 1. The molecule has 2 fully saturated rings. The lowest BCUT2D eigenvalue weighted by atomic mass is 9.80. The van der Waals surface area contributed by atoms with Gasteiger partial charge in [-0.1, -0.05) is 30.3 Å². The number of fused-ring (bicyclic) bond motifs is 3. The lowest BCUT2D eigenvalue weighted by Crippen LogP contribution is -2.58. The third-order valence-corrected chi connectivity index (χ3v) is 6.76. The maximum atomic E-state index is 12.1. The van der Waals surface area contributed by atoms with Crippen LogP contribution in [0, 0.1) is 0 Å². The summed E-state index contributed by atoms with van der Waals surface area (Å²) in [5.41, 5.74) is 2.97. The van der Waals surface area contributed by atoms with Gasteiger partial charge >= 0.3 is 0 Å². The molecule has 0 saturated carbocycles. The molecule has 3 aliphatic heterocycles. The van der Waals surface area contributed by atoms with Crippen LogP contribution in [0.2, 0.25) is 0 Å². The van der Waals surface area contributed by atoms with E-state index in [0.717, 1.165) is 56.1 Å². The fourth-order valence-electron chi connectivity index (χ4n) is 5.50. The van der Waals surface area contributed by atoms with Crippen molar-refractivity contribution in [2.75, 3.05) is 56.7 Å². The Bertz CT molecular complexity index is 852. The molecule has 5 heteroatoms. The van der Waals surface area contributed by atoms with Gasteiger partial charge in [0.2, 0.25) is 0 Å². The molecule has 0 aromatic heterocycles. The van der Waals surface area contributed by atoms with Crippen molar-refractivity contribution in [2.24, 2.45) is 0 Å². The van der Waals surface area contributed by atoms with E-state index in [9.17, 15) is 5.11 Å². The SMILES string of the molecule is CN1CC[C@@]2(O)c3cc(N4CCOCC4)ccc3N(C)[C@@]12c1ccccc1. The van der Waals surface area contributed by atoms with Crippen LogP contribution in [0.5, 0.6) is 0 Å². The monoisotopic (exact) mass is 365 g/mol. The highest BCUT2D eigenvalue weighted by molar-refractivity contribution is 5.72. The second-order valence-corrected chi connectivity index (χ2v) is 7.93. The van der Waals surface area contributed by atoms with Crippen molar-refractivity contribution in [2.45, 2.75) is 17.7 Å². The van der Waals surface area contributed by atoms with E-state index in [-0.39, 0.29) is 0 Å². The van der Waals surface area contributed by atoms with Crippen molar-refractivity contribution in [3.05, 3.63) is 59.7 Å². The van der Waals surface area contributed by atoms with Crippen molar-refractivity contribution in [1.29, 1.82) is 0 Å². The first-order chi connectivity index (χ1) is 13.1. The number of anilines is 2. The second kappa shape index (κ2) is 5.96. The van der Waals surface area contributed by atoms with E-state index in [1.807, 2.05) is 6.07 Å². The molecular weight excluding hydrogens is 338 g/mol. The largest absolute Gasteiger partial charge is 0.381 e. The summed E-state index contributed by atoms with van der Waals surface area (Å²) in [6.07, 6.45) is 0.725. The fourth-order valence-corrected chi connectivity index (χ4v) is 5.50. The van der Waals surface area contributed by atoms with E-state index < -0.39 is 11.3 Å². The standard InChI is InChI=1S/C22H27N3O2/c1-23-11-10-21(26)19-16-18(25-12-14-27-15-13-25)8-9-20(19)24(2)22(21,23)17-6-4-3-5-7-17/h3-9,16,26H,10-15H2,1-2H3/t21-,22-/m1/s1. The maximum absolute atomic E-state index is 12.1. The molecule has 0 radical (unpaired) electrons. The van der Waals surface area contributed by atoms with Crippen LogP contribution >= 0.6 is 0 Å². The zero-order valence-corrected chi connectivity index (χ0v) is 16.1. The summed E-state index contributed by atoms with van der Waals surface area (Å²) in [5, 5.41) is 12.1. The Morgan fingerprint density at radius 1 is 0.963 bits per heavy atom. The molecule has 2 atom stereocenters. The zero-order chi connectivity index (χ0) is 18.6. The summed E-state index contributed by atoms with van der Waals surface area (Å²) >= 11 is 0. The van der Waals surface area contributed by atoms with Crippen LogP contribution in [-0.2, 0) is 16.0 Å². The zero-order valence-electron chi connectivity index (χ0n) is 16.1. The van der Waals surface area contributed by atoms with Gasteiger partial charge in [0.05, 0.1) is 13.2 Å². The van der Waals surface area contributed by atoms with Gasteiger partial charge in [0, 0.05) is 43.6 Å². The minimum atomic E-state index is -0.935. The van der Waals surface area contributed by atoms with Crippen molar-refractivity contribution < 1.29 is 9.84 Å².